The van der Waals surface area contributed by atoms with Gasteiger partial charge >= 0.3 is 5.97 Å². The number of carboxylic acids is 1. The molecule has 0 aliphatic carbocycles. The highest BCUT2D eigenvalue weighted by Gasteiger charge is 2.11. The fourth-order valence-corrected chi connectivity index (χ4v) is 1.50. The van der Waals surface area contributed by atoms with Crippen LogP contribution < -0.4 is 4.74 Å². The maximum Gasteiger partial charge on any atom is 0.337 e. The maximum absolute atomic E-state index is 10.7. The summed E-state index contributed by atoms with van der Waals surface area (Å²) in [6.45, 7) is 1.79. The molecule has 0 spiro atoms. The summed E-state index contributed by atoms with van der Waals surface area (Å²) in [5.41, 5.74) is 0.702. The van der Waals surface area contributed by atoms with Crippen molar-refractivity contribution in [1.82, 2.24) is 9.97 Å². The molecule has 92 valence electrons. The van der Waals surface area contributed by atoms with Crippen LogP contribution in [0.2, 0.25) is 5.02 Å². The Kier molecular flexibility index (Phi) is 3.43. The number of aromatic carboxylic acids is 1. The molecule has 0 bridgehead atoms. The van der Waals surface area contributed by atoms with Crippen LogP contribution >= 0.6 is 11.6 Å². The molecule has 0 aliphatic heterocycles. The van der Waals surface area contributed by atoms with Crippen LogP contribution in [0.4, 0.5) is 0 Å². The van der Waals surface area contributed by atoms with Gasteiger partial charge in [-0.2, -0.15) is 0 Å². The van der Waals surface area contributed by atoms with Gasteiger partial charge in [-0.05, 0) is 25.1 Å². The number of rotatable bonds is 3. The predicted octanol–water partition coefficient (Wildman–Crippen LogP) is 2.93. The van der Waals surface area contributed by atoms with Crippen molar-refractivity contribution in [3.05, 3.63) is 46.9 Å². The van der Waals surface area contributed by atoms with E-state index >= 15 is 0 Å². The predicted molar refractivity (Wildman–Crippen MR) is 65.3 cm³/mol. The number of ether oxygens (including phenoxy) is 1. The lowest BCUT2D eigenvalue weighted by atomic mass is 10.3. The van der Waals surface area contributed by atoms with E-state index < -0.39 is 5.97 Å². The van der Waals surface area contributed by atoms with E-state index in [0.717, 1.165) is 0 Å². The Morgan fingerprint density at radius 2 is 2.22 bits per heavy atom. The lowest BCUT2D eigenvalue weighted by Gasteiger charge is -2.08. The number of hydrogen-bond donors (Lipinski definition) is 1. The van der Waals surface area contributed by atoms with E-state index in [1.165, 1.54) is 12.3 Å². The lowest BCUT2D eigenvalue weighted by Crippen LogP contribution is -1.99. The second-order valence-electron chi connectivity index (χ2n) is 3.51. The number of aromatic nitrogens is 2. The summed E-state index contributed by atoms with van der Waals surface area (Å²) < 4.78 is 5.48. The van der Waals surface area contributed by atoms with Gasteiger partial charge in [-0.15, -0.1) is 0 Å². The molecule has 0 atom stereocenters. The molecule has 6 heteroatoms. The number of carboxylic acid groups (broad SMARTS) is 1. The molecule has 0 saturated carbocycles. The zero-order valence-corrected chi connectivity index (χ0v) is 10.2. The first-order valence-corrected chi connectivity index (χ1v) is 5.44. The molecule has 0 saturated heterocycles. The minimum atomic E-state index is -1.09. The Balaban J connectivity index is 2.30. The first kappa shape index (κ1) is 12.3. The van der Waals surface area contributed by atoms with Gasteiger partial charge in [0.25, 0.3) is 0 Å². The molecular weight excluding hydrogens is 256 g/mol. The summed E-state index contributed by atoms with van der Waals surface area (Å²) in [5.74, 6) is -0.416. The van der Waals surface area contributed by atoms with Crippen molar-refractivity contribution in [2.45, 2.75) is 6.92 Å². The molecule has 2 aromatic heterocycles. The molecule has 1 N–H and O–H groups in total. The van der Waals surface area contributed by atoms with Crippen molar-refractivity contribution in [2.75, 3.05) is 0 Å². The van der Waals surface area contributed by atoms with Crippen LogP contribution in [-0.4, -0.2) is 21.0 Å². The Morgan fingerprint density at radius 1 is 1.44 bits per heavy atom. The van der Waals surface area contributed by atoms with E-state index in [4.69, 9.17) is 21.4 Å². The molecule has 0 aromatic carbocycles. The summed E-state index contributed by atoms with van der Waals surface area (Å²) in [6.07, 6.45) is 2.83. The van der Waals surface area contributed by atoms with Gasteiger partial charge < -0.3 is 9.84 Å². The topological polar surface area (TPSA) is 72.3 Å². The van der Waals surface area contributed by atoms with Crippen molar-refractivity contribution in [3.8, 4) is 11.6 Å². The average molecular weight is 265 g/mol. The Labute approximate surface area is 108 Å². The fourth-order valence-electron chi connectivity index (χ4n) is 1.30. The highest BCUT2D eigenvalue weighted by molar-refractivity contribution is 6.32. The molecule has 0 fully saturated rings. The summed E-state index contributed by atoms with van der Waals surface area (Å²) in [7, 11) is 0. The van der Waals surface area contributed by atoms with Crippen molar-refractivity contribution in [2.24, 2.45) is 0 Å². The molecular formula is C12H9ClN2O3. The van der Waals surface area contributed by atoms with Crippen LogP contribution in [0.5, 0.6) is 11.6 Å². The summed E-state index contributed by atoms with van der Waals surface area (Å²) in [4.78, 5) is 18.7. The number of pyridine rings is 2. The summed E-state index contributed by atoms with van der Waals surface area (Å²) >= 11 is 5.90. The number of hydrogen-bond acceptors (Lipinski definition) is 4. The largest absolute Gasteiger partial charge is 0.478 e. The molecule has 2 aromatic rings. The molecule has 2 heterocycles. The van der Waals surface area contributed by atoms with Crippen LogP contribution in [0.3, 0.4) is 0 Å². The average Bonchev–Trinajstić information content (AvgIpc) is 2.34. The van der Waals surface area contributed by atoms with Crippen LogP contribution in [0.25, 0.3) is 0 Å². The van der Waals surface area contributed by atoms with E-state index in [1.807, 2.05) is 0 Å². The van der Waals surface area contributed by atoms with Crippen molar-refractivity contribution >= 4 is 17.6 Å². The zero-order chi connectivity index (χ0) is 13.1. The van der Waals surface area contributed by atoms with Crippen LogP contribution in [0.1, 0.15) is 16.1 Å². The molecule has 5 nitrogen and oxygen atoms in total. The van der Waals surface area contributed by atoms with Gasteiger partial charge in [0.2, 0.25) is 5.88 Å². The zero-order valence-electron chi connectivity index (χ0n) is 9.42. The Hall–Kier alpha value is -2.14. The second-order valence-corrected chi connectivity index (χ2v) is 3.91. The van der Waals surface area contributed by atoms with Gasteiger partial charge in [0.1, 0.15) is 5.02 Å². The summed E-state index contributed by atoms with van der Waals surface area (Å²) in [5, 5.41) is 8.92. The van der Waals surface area contributed by atoms with E-state index in [1.54, 1.807) is 25.3 Å². The van der Waals surface area contributed by atoms with Crippen LogP contribution in [0.15, 0.2) is 30.6 Å². The van der Waals surface area contributed by atoms with Crippen molar-refractivity contribution in [3.63, 3.8) is 0 Å². The standard InChI is InChI=1S/C12H9ClN2O3/c1-7-10(3-2-4-14-7)18-11-9(13)5-8(6-15-11)12(16)17/h2-6H,1H3,(H,16,17). The normalized spacial score (nSPS) is 10.1. The maximum atomic E-state index is 10.7. The van der Waals surface area contributed by atoms with E-state index in [0.29, 0.717) is 11.4 Å². The lowest BCUT2D eigenvalue weighted by molar-refractivity contribution is 0.0696. The third-order valence-electron chi connectivity index (χ3n) is 2.22. The van der Waals surface area contributed by atoms with Gasteiger partial charge in [0.15, 0.2) is 5.75 Å². The minimum Gasteiger partial charge on any atom is -0.478 e. The van der Waals surface area contributed by atoms with E-state index in [2.05, 4.69) is 9.97 Å². The number of aryl methyl sites for hydroxylation is 1. The SMILES string of the molecule is Cc1ncccc1Oc1ncc(C(=O)O)cc1Cl. The molecule has 0 amide bonds. The third kappa shape index (κ3) is 2.57. The van der Waals surface area contributed by atoms with Crippen LogP contribution in [0, 0.1) is 6.92 Å². The number of carbonyl (C=O) groups is 1. The van der Waals surface area contributed by atoms with Gasteiger partial charge in [-0.3, -0.25) is 4.98 Å². The third-order valence-corrected chi connectivity index (χ3v) is 2.49. The van der Waals surface area contributed by atoms with Crippen molar-refractivity contribution < 1.29 is 14.6 Å². The van der Waals surface area contributed by atoms with Crippen LogP contribution in [-0.2, 0) is 0 Å². The number of halogens is 1. The van der Waals surface area contributed by atoms with E-state index in [-0.39, 0.29) is 16.5 Å². The molecule has 0 radical (unpaired) electrons. The Bertz CT molecular complexity index is 602. The minimum absolute atomic E-state index is 0.00950. The number of nitrogens with zero attached hydrogens (tertiary/aromatic N) is 2. The van der Waals surface area contributed by atoms with Gasteiger partial charge in [-0.1, -0.05) is 11.6 Å². The quantitative estimate of drug-likeness (QED) is 0.923. The van der Waals surface area contributed by atoms with Crippen molar-refractivity contribution in [1.29, 1.82) is 0 Å². The molecule has 0 unspecified atom stereocenters. The van der Waals surface area contributed by atoms with Gasteiger partial charge in [0, 0.05) is 12.4 Å². The van der Waals surface area contributed by atoms with Gasteiger partial charge in [0.05, 0.1) is 11.3 Å². The first-order chi connectivity index (χ1) is 8.58. The first-order valence-electron chi connectivity index (χ1n) is 5.06. The molecule has 2 rings (SSSR count). The summed E-state index contributed by atoms with van der Waals surface area (Å²) in [6, 6.07) is 4.74. The molecule has 0 aliphatic rings. The highest BCUT2D eigenvalue weighted by Crippen LogP contribution is 2.28. The second kappa shape index (κ2) is 5.01. The monoisotopic (exact) mass is 264 g/mol. The Morgan fingerprint density at radius 3 is 2.83 bits per heavy atom. The highest BCUT2D eigenvalue weighted by atomic mass is 35.5. The smallest absolute Gasteiger partial charge is 0.337 e. The fraction of sp³-hybridized carbons (Fsp3) is 0.0833. The van der Waals surface area contributed by atoms with E-state index in [9.17, 15) is 4.79 Å². The van der Waals surface area contributed by atoms with Gasteiger partial charge in [-0.25, -0.2) is 9.78 Å². The molecule has 18 heavy (non-hydrogen) atoms.